The normalized spacial score (nSPS) is 9.00. The maximum absolute atomic E-state index is 9.58. The summed E-state index contributed by atoms with van der Waals surface area (Å²) < 4.78 is 6.62. The highest BCUT2D eigenvalue weighted by atomic mass is 16.4. The van der Waals surface area contributed by atoms with Gasteiger partial charge in [-0.2, -0.15) is 0 Å². The third-order valence-electron chi connectivity index (χ3n) is 0.268. The van der Waals surface area contributed by atoms with Gasteiger partial charge in [0.1, 0.15) is 0 Å². The van der Waals surface area contributed by atoms with Crippen LogP contribution >= 0.6 is 0 Å². The summed E-state index contributed by atoms with van der Waals surface area (Å²) >= 11 is 0. The lowest BCUT2D eigenvalue weighted by atomic mass is 9.67. The highest BCUT2D eigenvalue weighted by Crippen LogP contribution is 1.48. The van der Waals surface area contributed by atoms with Gasteiger partial charge in [-0.25, -0.2) is 4.79 Å². The molecule has 0 aliphatic heterocycles. The van der Waals surface area contributed by atoms with Gasteiger partial charge in [0, 0.05) is 0 Å². The average molecular weight is 86.7 g/mol. The number of nitrogens with one attached hydrogen (secondary N) is 1. The number of hydrogen-bond acceptors (Lipinski definition) is 1. The molecule has 0 saturated heterocycles. The lowest BCUT2D eigenvalue weighted by molar-refractivity contribution is 0.201. The second-order valence-electron chi connectivity index (χ2n) is 0.738. The first-order valence-corrected chi connectivity index (χ1v) is 1.54. The van der Waals surface area contributed by atoms with Gasteiger partial charge in [-0.1, -0.05) is 0 Å². The standard InChI is InChI=1S/CH5B2NO2/c2-3-4-1(5)6/h3-4H,2H2,(H,5,6)/i3T. The van der Waals surface area contributed by atoms with Gasteiger partial charge in [-0.05, 0) is 1.34 Å². The molecule has 0 aromatic rings. The van der Waals surface area contributed by atoms with Crippen molar-refractivity contribution < 1.29 is 9.90 Å². The summed E-state index contributed by atoms with van der Waals surface area (Å²) in [5, 5.41) is 9.74. The van der Waals surface area contributed by atoms with Crippen LogP contribution in [0.4, 0.5) is 4.79 Å². The molecule has 0 aromatic heterocycles. The predicted molar refractivity (Wildman–Crippen MR) is 26.9 cm³/mol. The van der Waals surface area contributed by atoms with Gasteiger partial charge >= 0.3 is 6.09 Å². The Balaban J connectivity index is 3.13. The van der Waals surface area contributed by atoms with Gasteiger partial charge in [0.25, 0.3) is 0 Å². The molecule has 3 nitrogen and oxygen atoms in total. The van der Waals surface area contributed by atoms with Crippen LogP contribution in [0.1, 0.15) is 0 Å². The van der Waals surface area contributed by atoms with Gasteiger partial charge < -0.3 is 10.3 Å². The van der Waals surface area contributed by atoms with Crippen LogP contribution in [0.5, 0.6) is 0 Å². The molecular weight excluding hydrogens is 79.6 g/mol. The lowest BCUT2D eigenvalue weighted by Gasteiger charge is -1.85. The van der Waals surface area contributed by atoms with E-state index in [0.717, 1.165) is 0 Å². The van der Waals surface area contributed by atoms with Crippen molar-refractivity contribution in [2.45, 2.75) is 0 Å². The quantitative estimate of drug-likeness (QED) is 0.369. The maximum Gasteiger partial charge on any atom is 0.391 e. The van der Waals surface area contributed by atoms with Crippen LogP contribution in [0.25, 0.3) is 0 Å². The molecule has 0 aliphatic carbocycles. The van der Waals surface area contributed by atoms with E-state index in [2.05, 4.69) is 0 Å². The summed E-state index contributed by atoms with van der Waals surface area (Å²) in [6.07, 6.45) is -1.15. The molecule has 0 radical (unpaired) electrons. The SMILES string of the molecule is [3H]B(B)NC(=O)O. The first kappa shape index (κ1) is 3.59. The van der Waals surface area contributed by atoms with E-state index in [0.29, 0.717) is 0 Å². The summed E-state index contributed by atoms with van der Waals surface area (Å²) in [6.45, 7) is 0. The molecule has 0 bridgehead atoms. The number of carboxylic acid groups (broad SMARTS) is 1. The third kappa shape index (κ3) is 3.40. The van der Waals surface area contributed by atoms with Crippen LogP contribution in [0.2, 0.25) is 0 Å². The Morgan fingerprint density at radius 3 is 2.83 bits per heavy atom. The molecule has 0 aliphatic rings. The molecule has 0 rings (SSSR count). The minimum absolute atomic E-state index is 0.725. The highest BCUT2D eigenvalue weighted by Gasteiger charge is 1.84. The van der Waals surface area contributed by atoms with Crippen LogP contribution < -0.4 is 5.23 Å². The molecule has 6 heavy (non-hydrogen) atoms. The molecule has 0 atom stereocenters. The lowest BCUT2D eigenvalue weighted by Crippen LogP contribution is -2.25. The topological polar surface area (TPSA) is 49.3 Å². The zero-order valence-electron chi connectivity index (χ0n) is 4.43. The molecular formula is CH5B2NO2. The van der Waals surface area contributed by atoms with E-state index in [1.807, 2.05) is 5.23 Å². The van der Waals surface area contributed by atoms with Gasteiger partial charge in [0.2, 0.25) is 0 Å². The number of hydrogen-bond donors (Lipinski definition) is 2. The number of carbonyl (C=O) groups is 1. The van der Waals surface area contributed by atoms with E-state index in [9.17, 15) is 4.79 Å². The van der Waals surface area contributed by atoms with Crippen LogP contribution in [0.15, 0.2) is 0 Å². The molecule has 32 valence electrons. The Kier molecular flexibility index (Phi) is 1.57. The van der Waals surface area contributed by atoms with Gasteiger partial charge in [0.15, 0.2) is 7.27 Å². The summed E-state index contributed by atoms with van der Waals surface area (Å²) in [4.78, 5) is 9.58. The van der Waals surface area contributed by atoms with Crippen LogP contribution in [0, 0.1) is 0 Å². The average Bonchev–Trinajstić information content (AvgIpc) is 1.27. The smallest absolute Gasteiger partial charge is 0.391 e. The van der Waals surface area contributed by atoms with Crippen molar-refractivity contribution in [2.24, 2.45) is 0 Å². The Morgan fingerprint density at radius 2 is 2.83 bits per heavy atom. The fourth-order valence-electron chi connectivity index (χ4n) is 0.123. The zero-order chi connectivity index (χ0) is 5.86. The molecule has 0 unspecified atom stereocenters. The predicted octanol–water partition coefficient (Wildman–Crippen LogP) is -1.85. The van der Waals surface area contributed by atoms with Crippen molar-refractivity contribution >= 4 is 21.1 Å². The van der Waals surface area contributed by atoms with Crippen LogP contribution in [-0.2, 0) is 0 Å². The number of amides is 1. The van der Waals surface area contributed by atoms with Crippen LogP contribution in [-0.4, -0.2) is 27.5 Å². The van der Waals surface area contributed by atoms with E-state index < -0.39 is 13.4 Å². The van der Waals surface area contributed by atoms with Crippen molar-refractivity contribution in [3.63, 3.8) is 0 Å². The first-order valence-electron chi connectivity index (χ1n) is 2.12. The van der Waals surface area contributed by atoms with Crippen molar-refractivity contribution in [3.05, 3.63) is 0 Å². The second kappa shape index (κ2) is 2.63. The fraction of sp³-hybridized carbons (Fsp3) is 0. The summed E-state index contributed by atoms with van der Waals surface area (Å²) in [6, 6.07) is 0. The first-order chi connectivity index (χ1) is 3.13. The summed E-state index contributed by atoms with van der Waals surface area (Å²) in [5.74, 6) is 0. The fourth-order valence-corrected chi connectivity index (χ4v) is 0.123. The Bertz CT molecular complexity index is 76.1. The van der Waals surface area contributed by atoms with E-state index >= 15 is 0 Å². The monoisotopic (exact) mass is 87.1 g/mol. The van der Waals surface area contributed by atoms with E-state index in [4.69, 9.17) is 6.44 Å². The molecule has 1 amide bonds. The van der Waals surface area contributed by atoms with Crippen LogP contribution in [0.3, 0.4) is 0 Å². The third-order valence-corrected chi connectivity index (χ3v) is 0.268. The van der Waals surface area contributed by atoms with Gasteiger partial charge in [0.05, 0.1) is 7.74 Å². The van der Waals surface area contributed by atoms with Crippen molar-refractivity contribution in [2.75, 3.05) is 0 Å². The molecule has 2 N–H and O–H groups in total. The Hall–Kier alpha value is -0.600. The highest BCUT2D eigenvalue weighted by molar-refractivity contribution is 6.88. The zero-order valence-corrected chi connectivity index (χ0v) is 3.43. The minimum Gasteiger partial charge on any atom is -0.466 e. The van der Waals surface area contributed by atoms with Crippen molar-refractivity contribution in [3.8, 4) is 0 Å². The van der Waals surface area contributed by atoms with E-state index in [1.165, 1.54) is 7.74 Å². The Morgan fingerprint density at radius 1 is 2.33 bits per heavy atom. The molecule has 0 aromatic carbocycles. The van der Waals surface area contributed by atoms with E-state index in [-0.39, 0.29) is 0 Å². The maximum atomic E-state index is 9.58. The summed E-state index contributed by atoms with van der Waals surface area (Å²) in [7, 11) is 0.714. The Labute approximate surface area is 38.7 Å². The molecule has 5 heteroatoms. The van der Waals surface area contributed by atoms with E-state index in [1.54, 1.807) is 0 Å². The minimum atomic E-state index is -1.15. The van der Waals surface area contributed by atoms with Crippen molar-refractivity contribution in [1.82, 2.24) is 5.23 Å². The van der Waals surface area contributed by atoms with Crippen molar-refractivity contribution in [1.29, 1.82) is 1.34 Å². The number of rotatable bonds is 1. The van der Waals surface area contributed by atoms with Gasteiger partial charge in [-0.3, -0.25) is 0 Å². The molecule has 0 spiro atoms. The summed E-state index contributed by atoms with van der Waals surface area (Å²) in [5.41, 5.74) is 0. The molecule has 0 heterocycles. The second-order valence-corrected chi connectivity index (χ2v) is 0.738. The molecule has 0 fully saturated rings. The largest absolute Gasteiger partial charge is 0.466 e. The van der Waals surface area contributed by atoms with Gasteiger partial charge in [-0.15, -0.1) is 0 Å². The molecule has 0 saturated carbocycles.